The SMILES string of the molecule is [Br-].c1ccc([P+](Cc2ccc3c(c2)CCO3)(c2ccccc2)c2ccccc2)cc1. The molecule has 0 atom stereocenters. The molecule has 0 aliphatic carbocycles. The van der Waals surface area contributed by atoms with Crippen LogP contribution in [0.2, 0.25) is 0 Å². The van der Waals surface area contributed by atoms with Crippen molar-refractivity contribution in [2.45, 2.75) is 12.6 Å². The first-order valence-corrected chi connectivity index (χ1v) is 12.1. The Morgan fingerprint density at radius 1 is 0.633 bits per heavy atom. The lowest BCUT2D eigenvalue weighted by Crippen LogP contribution is -3.00. The molecule has 5 rings (SSSR count). The zero-order valence-electron chi connectivity index (χ0n) is 16.7. The second-order valence-corrected chi connectivity index (χ2v) is 11.0. The predicted molar refractivity (Wildman–Crippen MR) is 124 cm³/mol. The van der Waals surface area contributed by atoms with Crippen LogP contribution in [0.3, 0.4) is 0 Å². The van der Waals surface area contributed by atoms with Gasteiger partial charge in [0.05, 0.1) is 12.8 Å². The highest BCUT2D eigenvalue weighted by Gasteiger charge is 2.45. The molecule has 0 radical (unpaired) electrons. The van der Waals surface area contributed by atoms with Gasteiger partial charge in [-0.1, -0.05) is 60.7 Å². The molecule has 1 aliphatic rings. The molecule has 4 aromatic rings. The lowest BCUT2D eigenvalue weighted by Gasteiger charge is -2.28. The Morgan fingerprint density at radius 2 is 1.13 bits per heavy atom. The van der Waals surface area contributed by atoms with Gasteiger partial charge in [-0.25, -0.2) is 0 Å². The first-order valence-electron chi connectivity index (χ1n) is 10.2. The van der Waals surface area contributed by atoms with Crippen LogP contribution in [0.1, 0.15) is 11.1 Å². The van der Waals surface area contributed by atoms with E-state index < -0.39 is 7.26 Å². The maximum atomic E-state index is 5.75. The van der Waals surface area contributed by atoms with Gasteiger partial charge in [-0.2, -0.15) is 0 Å². The lowest BCUT2D eigenvalue weighted by atomic mass is 10.1. The summed E-state index contributed by atoms with van der Waals surface area (Å²) in [5.74, 6) is 1.05. The van der Waals surface area contributed by atoms with Crippen LogP contribution < -0.4 is 37.6 Å². The number of hydrogen-bond acceptors (Lipinski definition) is 1. The van der Waals surface area contributed by atoms with Gasteiger partial charge in [0.1, 0.15) is 28.9 Å². The first-order chi connectivity index (χ1) is 14.4. The Kier molecular flexibility index (Phi) is 6.37. The van der Waals surface area contributed by atoms with Crippen molar-refractivity contribution in [1.82, 2.24) is 0 Å². The fourth-order valence-electron chi connectivity index (χ4n) is 4.38. The number of rotatable bonds is 5. The van der Waals surface area contributed by atoms with Crippen molar-refractivity contribution in [3.8, 4) is 5.75 Å². The third-order valence-electron chi connectivity index (χ3n) is 5.76. The summed E-state index contributed by atoms with van der Waals surface area (Å²) in [4.78, 5) is 0. The summed E-state index contributed by atoms with van der Waals surface area (Å²) in [6.45, 7) is 0.801. The summed E-state index contributed by atoms with van der Waals surface area (Å²) in [6.07, 6.45) is 2.02. The van der Waals surface area contributed by atoms with E-state index in [2.05, 4.69) is 109 Å². The van der Waals surface area contributed by atoms with Crippen LogP contribution in [0.5, 0.6) is 5.75 Å². The molecule has 0 aromatic heterocycles. The molecule has 3 heteroatoms. The molecule has 0 bridgehead atoms. The minimum absolute atomic E-state index is 0. The Hall–Kier alpha value is -2.41. The normalized spacial score (nSPS) is 12.5. The summed E-state index contributed by atoms with van der Waals surface area (Å²) in [6, 6.07) is 40.0. The molecule has 0 spiro atoms. The smallest absolute Gasteiger partial charge is 0.122 e. The molecule has 0 N–H and O–H groups in total. The molecular weight excluding hydrogens is 451 g/mol. The Labute approximate surface area is 189 Å². The minimum atomic E-state index is -1.84. The number of ether oxygens (including phenoxy) is 1. The lowest BCUT2D eigenvalue weighted by molar-refractivity contribution is -0.00000605. The highest BCUT2D eigenvalue weighted by molar-refractivity contribution is 7.95. The van der Waals surface area contributed by atoms with Crippen LogP contribution in [0, 0.1) is 0 Å². The van der Waals surface area contributed by atoms with Gasteiger partial charge < -0.3 is 21.7 Å². The van der Waals surface area contributed by atoms with Crippen LogP contribution in [0.25, 0.3) is 0 Å². The molecule has 30 heavy (non-hydrogen) atoms. The molecule has 1 nitrogen and oxygen atoms in total. The van der Waals surface area contributed by atoms with E-state index in [1.165, 1.54) is 27.0 Å². The van der Waals surface area contributed by atoms with Crippen molar-refractivity contribution in [1.29, 1.82) is 0 Å². The van der Waals surface area contributed by atoms with Crippen LogP contribution in [0.15, 0.2) is 109 Å². The second kappa shape index (κ2) is 9.16. The van der Waals surface area contributed by atoms with Crippen molar-refractivity contribution in [3.63, 3.8) is 0 Å². The fraction of sp³-hybridized carbons (Fsp3) is 0.111. The number of hydrogen-bond donors (Lipinski definition) is 0. The van der Waals surface area contributed by atoms with Gasteiger partial charge in [-0.15, -0.1) is 0 Å². The quantitative estimate of drug-likeness (QED) is 0.402. The zero-order chi connectivity index (χ0) is 19.5. The third kappa shape index (κ3) is 3.83. The average Bonchev–Trinajstić information content (AvgIpc) is 3.27. The maximum absolute atomic E-state index is 5.75. The van der Waals surface area contributed by atoms with Crippen molar-refractivity contribution < 1.29 is 21.7 Å². The van der Waals surface area contributed by atoms with Gasteiger partial charge in [0.25, 0.3) is 0 Å². The summed E-state index contributed by atoms with van der Waals surface area (Å²) in [5.41, 5.74) is 2.73. The van der Waals surface area contributed by atoms with Gasteiger partial charge >= 0.3 is 0 Å². The fourth-order valence-corrected chi connectivity index (χ4v) is 8.61. The summed E-state index contributed by atoms with van der Waals surface area (Å²) < 4.78 is 5.75. The average molecular weight is 475 g/mol. The second-order valence-electron chi connectivity index (χ2n) is 7.52. The molecule has 0 saturated carbocycles. The summed E-state index contributed by atoms with van der Waals surface area (Å²) in [5, 5.41) is 4.28. The van der Waals surface area contributed by atoms with Gasteiger partial charge in [-0.3, -0.25) is 0 Å². The van der Waals surface area contributed by atoms with Gasteiger partial charge in [0, 0.05) is 6.42 Å². The van der Waals surface area contributed by atoms with Crippen LogP contribution in [-0.2, 0) is 12.6 Å². The van der Waals surface area contributed by atoms with E-state index in [0.717, 1.165) is 24.9 Å². The number of halogens is 1. The van der Waals surface area contributed by atoms with Crippen molar-refractivity contribution in [2.75, 3.05) is 6.61 Å². The largest absolute Gasteiger partial charge is 1.00 e. The Bertz CT molecular complexity index is 1000. The Morgan fingerprint density at radius 3 is 1.63 bits per heavy atom. The van der Waals surface area contributed by atoms with E-state index in [1.54, 1.807) is 0 Å². The molecule has 0 unspecified atom stereocenters. The predicted octanol–water partition coefficient (Wildman–Crippen LogP) is 2.12. The summed E-state index contributed by atoms with van der Waals surface area (Å²) in [7, 11) is -1.84. The number of benzene rings is 4. The van der Waals surface area contributed by atoms with Crippen LogP contribution >= 0.6 is 7.26 Å². The van der Waals surface area contributed by atoms with Crippen molar-refractivity contribution >= 4 is 23.2 Å². The molecule has 4 aromatic carbocycles. The van der Waals surface area contributed by atoms with Crippen LogP contribution in [-0.4, -0.2) is 6.61 Å². The molecule has 1 heterocycles. The van der Waals surface area contributed by atoms with Gasteiger partial charge in [0.15, 0.2) is 0 Å². The van der Waals surface area contributed by atoms with Gasteiger partial charge in [0.2, 0.25) is 0 Å². The molecule has 150 valence electrons. The molecule has 0 amide bonds. The molecule has 0 fully saturated rings. The highest BCUT2D eigenvalue weighted by Crippen LogP contribution is 2.58. The van der Waals surface area contributed by atoms with Crippen molar-refractivity contribution in [3.05, 3.63) is 120 Å². The molecule has 1 aliphatic heterocycles. The van der Waals surface area contributed by atoms with Crippen LogP contribution in [0.4, 0.5) is 0 Å². The van der Waals surface area contributed by atoms with E-state index in [4.69, 9.17) is 4.74 Å². The standard InChI is InChI=1S/C27H24OP.BrH/c1-4-10-24(11-5-1)29(25-12-6-2-7-13-25,26-14-8-3-9-15-26)21-22-16-17-27-23(20-22)18-19-28-27;/h1-17,20H,18-19,21H2;1H/q+1;/p-1. The highest BCUT2D eigenvalue weighted by atomic mass is 79.9. The minimum Gasteiger partial charge on any atom is -1.00 e. The number of fused-ring (bicyclic) bond motifs is 1. The maximum Gasteiger partial charge on any atom is 0.122 e. The Balaban J connectivity index is 0.00000218. The van der Waals surface area contributed by atoms with E-state index >= 15 is 0 Å². The zero-order valence-corrected chi connectivity index (χ0v) is 19.2. The molecular formula is C27H24BrOP. The van der Waals surface area contributed by atoms with Gasteiger partial charge in [-0.05, 0) is 59.7 Å². The van der Waals surface area contributed by atoms with E-state index in [-0.39, 0.29) is 17.0 Å². The van der Waals surface area contributed by atoms with Crippen molar-refractivity contribution in [2.24, 2.45) is 0 Å². The monoisotopic (exact) mass is 474 g/mol. The topological polar surface area (TPSA) is 9.23 Å². The first kappa shape index (κ1) is 20.8. The molecule has 0 saturated heterocycles. The third-order valence-corrected chi connectivity index (χ3v) is 10.1. The summed E-state index contributed by atoms with van der Waals surface area (Å²) >= 11 is 0. The van der Waals surface area contributed by atoms with E-state index in [1.807, 2.05) is 0 Å². The van der Waals surface area contributed by atoms with E-state index in [0.29, 0.717) is 0 Å². The van der Waals surface area contributed by atoms with E-state index in [9.17, 15) is 0 Å².